The van der Waals surface area contributed by atoms with Crippen LogP contribution in [-0.2, 0) is 13.1 Å². The van der Waals surface area contributed by atoms with Gasteiger partial charge in [-0.15, -0.1) is 11.6 Å². The fraction of sp³-hybridized carbons (Fsp3) is 0.294. The maximum Gasteiger partial charge on any atom is 0.133 e. The monoisotopic (exact) mass is 367 g/mol. The average molecular weight is 369 g/mol. The van der Waals surface area contributed by atoms with Gasteiger partial charge in [0, 0.05) is 25.5 Å². The Morgan fingerprint density at radius 3 is 2.38 bits per heavy atom. The molecule has 0 aliphatic rings. The first-order chi connectivity index (χ1) is 10.2. The molecule has 4 heteroatoms. The van der Waals surface area contributed by atoms with Crippen molar-refractivity contribution in [1.29, 1.82) is 0 Å². The van der Waals surface area contributed by atoms with Crippen molar-refractivity contribution in [1.82, 2.24) is 4.90 Å². The summed E-state index contributed by atoms with van der Waals surface area (Å²) in [5, 5.41) is 0. The Kier molecular flexibility index (Phi) is 6.55. The lowest BCUT2D eigenvalue weighted by molar-refractivity contribution is 0.273. The van der Waals surface area contributed by atoms with Crippen molar-refractivity contribution in [3.8, 4) is 5.75 Å². The minimum absolute atomic E-state index is 0.629. The Balaban J connectivity index is 2.07. The molecule has 0 saturated heterocycles. The van der Waals surface area contributed by atoms with Gasteiger partial charge >= 0.3 is 0 Å². The summed E-state index contributed by atoms with van der Waals surface area (Å²) in [6.07, 6.45) is 0. The number of ether oxygens (including phenoxy) is 1. The standard InChI is InChI=1S/C17H19BrClNO/c1-21-17-8-7-15(11-16(17)18)13-20(10-9-19)12-14-5-3-2-4-6-14/h2-8,11H,9-10,12-13H2,1H3. The average Bonchev–Trinajstić information content (AvgIpc) is 2.49. The van der Waals surface area contributed by atoms with Crippen LogP contribution in [0.25, 0.3) is 0 Å². The van der Waals surface area contributed by atoms with Crippen LogP contribution in [-0.4, -0.2) is 24.4 Å². The molecule has 2 rings (SSSR count). The number of rotatable bonds is 7. The van der Waals surface area contributed by atoms with Crippen LogP contribution >= 0.6 is 27.5 Å². The van der Waals surface area contributed by atoms with E-state index < -0.39 is 0 Å². The van der Waals surface area contributed by atoms with E-state index in [1.165, 1.54) is 11.1 Å². The first kappa shape index (κ1) is 16.3. The minimum Gasteiger partial charge on any atom is -0.496 e. The molecular formula is C17H19BrClNO. The van der Waals surface area contributed by atoms with E-state index in [2.05, 4.69) is 57.2 Å². The Hall–Kier alpha value is -1.03. The van der Waals surface area contributed by atoms with Gasteiger partial charge in [-0.05, 0) is 39.2 Å². The molecule has 0 N–H and O–H groups in total. The van der Waals surface area contributed by atoms with Crippen LogP contribution in [0.15, 0.2) is 53.0 Å². The molecule has 0 aliphatic heterocycles. The van der Waals surface area contributed by atoms with Crippen LogP contribution < -0.4 is 4.74 Å². The molecular weight excluding hydrogens is 350 g/mol. The second-order valence-electron chi connectivity index (χ2n) is 4.85. The maximum atomic E-state index is 5.94. The van der Waals surface area contributed by atoms with Crippen molar-refractivity contribution in [2.75, 3.05) is 19.5 Å². The molecule has 0 radical (unpaired) electrons. The van der Waals surface area contributed by atoms with E-state index in [1.807, 2.05) is 12.1 Å². The molecule has 2 aromatic carbocycles. The summed E-state index contributed by atoms with van der Waals surface area (Å²) < 4.78 is 6.25. The highest BCUT2D eigenvalue weighted by Crippen LogP contribution is 2.26. The van der Waals surface area contributed by atoms with Crippen LogP contribution in [0.5, 0.6) is 5.75 Å². The second kappa shape index (κ2) is 8.42. The second-order valence-corrected chi connectivity index (χ2v) is 6.09. The predicted molar refractivity (Wildman–Crippen MR) is 92.0 cm³/mol. The quantitative estimate of drug-likeness (QED) is 0.657. The van der Waals surface area contributed by atoms with E-state index in [1.54, 1.807) is 7.11 Å². The lowest BCUT2D eigenvalue weighted by atomic mass is 10.1. The highest BCUT2D eigenvalue weighted by molar-refractivity contribution is 9.10. The number of methoxy groups -OCH3 is 1. The van der Waals surface area contributed by atoms with E-state index in [0.29, 0.717) is 5.88 Å². The summed E-state index contributed by atoms with van der Waals surface area (Å²) in [6, 6.07) is 16.6. The fourth-order valence-electron chi connectivity index (χ4n) is 2.24. The molecule has 0 bridgehead atoms. The molecule has 0 fully saturated rings. The van der Waals surface area contributed by atoms with Crippen LogP contribution in [0.2, 0.25) is 0 Å². The van der Waals surface area contributed by atoms with Gasteiger partial charge in [0.05, 0.1) is 11.6 Å². The zero-order chi connectivity index (χ0) is 15.1. The zero-order valence-corrected chi connectivity index (χ0v) is 14.4. The molecule has 0 spiro atoms. The van der Waals surface area contributed by atoms with E-state index in [0.717, 1.165) is 29.9 Å². The topological polar surface area (TPSA) is 12.5 Å². The van der Waals surface area contributed by atoms with Gasteiger partial charge in [-0.3, -0.25) is 4.90 Å². The third-order valence-electron chi connectivity index (χ3n) is 3.27. The van der Waals surface area contributed by atoms with E-state index in [9.17, 15) is 0 Å². The molecule has 2 aromatic rings. The van der Waals surface area contributed by atoms with Crippen molar-refractivity contribution in [2.45, 2.75) is 13.1 Å². The van der Waals surface area contributed by atoms with Crippen molar-refractivity contribution in [3.63, 3.8) is 0 Å². The smallest absolute Gasteiger partial charge is 0.133 e. The van der Waals surface area contributed by atoms with Crippen LogP contribution in [0.3, 0.4) is 0 Å². The van der Waals surface area contributed by atoms with Crippen LogP contribution in [0.4, 0.5) is 0 Å². The number of alkyl halides is 1. The largest absolute Gasteiger partial charge is 0.496 e. The third kappa shape index (κ3) is 5.03. The number of benzene rings is 2. The summed E-state index contributed by atoms with van der Waals surface area (Å²) in [5.41, 5.74) is 2.54. The maximum absolute atomic E-state index is 5.94. The molecule has 0 saturated carbocycles. The number of halogens is 2. The molecule has 2 nitrogen and oxygen atoms in total. The van der Waals surface area contributed by atoms with Gasteiger partial charge in [-0.1, -0.05) is 36.4 Å². The highest BCUT2D eigenvalue weighted by Gasteiger charge is 2.08. The van der Waals surface area contributed by atoms with Gasteiger partial charge in [-0.25, -0.2) is 0 Å². The molecule has 112 valence electrons. The van der Waals surface area contributed by atoms with Gasteiger partial charge in [0.15, 0.2) is 0 Å². The van der Waals surface area contributed by atoms with Gasteiger partial charge in [0.2, 0.25) is 0 Å². The van der Waals surface area contributed by atoms with E-state index in [4.69, 9.17) is 16.3 Å². The number of hydrogen-bond acceptors (Lipinski definition) is 2. The molecule has 0 heterocycles. The Morgan fingerprint density at radius 1 is 1.05 bits per heavy atom. The molecule has 0 aliphatic carbocycles. The van der Waals surface area contributed by atoms with Gasteiger partial charge in [0.25, 0.3) is 0 Å². The summed E-state index contributed by atoms with van der Waals surface area (Å²) in [7, 11) is 1.68. The molecule has 0 aromatic heterocycles. The van der Waals surface area contributed by atoms with E-state index in [-0.39, 0.29) is 0 Å². The summed E-state index contributed by atoms with van der Waals surface area (Å²) in [5.74, 6) is 1.48. The van der Waals surface area contributed by atoms with Gasteiger partial charge < -0.3 is 4.74 Å². The normalized spacial score (nSPS) is 10.9. The fourth-order valence-corrected chi connectivity index (χ4v) is 3.07. The molecule has 0 unspecified atom stereocenters. The third-order valence-corrected chi connectivity index (χ3v) is 4.06. The zero-order valence-electron chi connectivity index (χ0n) is 12.1. The van der Waals surface area contributed by atoms with Crippen LogP contribution in [0, 0.1) is 0 Å². The van der Waals surface area contributed by atoms with Crippen molar-refractivity contribution < 1.29 is 4.74 Å². The molecule has 21 heavy (non-hydrogen) atoms. The summed E-state index contributed by atoms with van der Waals surface area (Å²) in [6.45, 7) is 2.63. The van der Waals surface area contributed by atoms with E-state index >= 15 is 0 Å². The number of nitrogens with zero attached hydrogens (tertiary/aromatic N) is 1. The van der Waals surface area contributed by atoms with Crippen molar-refractivity contribution in [2.24, 2.45) is 0 Å². The first-order valence-electron chi connectivity index (χ1n) is 6.87. The number of hydrogen-bond donors (Lipinski definition) is 0. The molecule has 0 amide bonds. The summed E-state index contributed by atoms with van der Waals surface area (Å²) >= 11 is 9.47. The molecule has 0 atom stereocenters. The van der Waals surface area contributed by atoms with Gasteiger partial charge in [0.1, 0.15) is 5.75 Å². The predicted octanol–water partition coefficient (Wildman–Crippen LogP) is 4.70. The Morgan fingerprint density at radius 2 is 1.76 bits per heavy atom. The minimum atomic E-state index is 0.629. The van der Waals surface area contributed by atoms with Gasteiger partial charge in [-0.2, -0.15) is 0 Å². The van der Waals surface area contributed by atoms with Crippen molar-refractivity contribution >= 4 is 27.5 Å². The van der Waals surface area contributed by atoms with Crippen molar-refractivity contribution in [3.05, 3.63) is 64.1 Å². The SMILES string of the molecule is COc1ccc(CN(CCCl)Cc2ccccc2)cc1Br. The van der Waals surface area contributed by atoms with Crippen LogP contribution in [0.1, 0.15) is 11.1 Å². The Labute approximate surface area is 139 Å². The lowest BCUT2D eigenvalue weighted by Crippen LogP contribution is -2.24. The summed E-state index contributed by atoms with van der Waals surface area (Å²) in [4.78, 5) is 2.34. The Bertz CT molecular complexity index is 562. The first-order valence-corrected chi connectivity index (χ1v) is 8.20. The lowest BCUT2D eigenvalue weighted by Gasteiger charge is -2.22. The highest BCUT2D eigenvalue weighted by atomic mass is 79.9.